The lowest BCUT2D eigenvalue weighted by Crippen LogP contribution is -2.56. The quantitative estimate of drug-likeness (QED) is 0.202. The number of nitrogens with one attached hydrogen (secondary N) is 4. The maximum absolute atomic E-state index is 13.1. The van der Waals surface area contributed by atoms with E-state index in [9.17, 15) is 19.5 Å². The zero-order valence-electron chi connectivity index (χ0n) is 23.0. The molecule has 0 radical (unpaired) electrons. The van der Waals surface area contributed by atoms with E-state index < -0.39 is 11.6 Å². The molecule has 1 aliphatic heterocycles. The number of carbonyl (C=O) groups excluding carboxylic acids is 3. The van der Waals surface area contributed by atoms with Gasteiger partial charge in [0, 0.05) is 31.5 Å². The van der Waals surface area contributed by atoms with E-state index in [1.54, 1.807) is 13.8 Å². The van der Waals surface area contributed by atoms with Crippen molar-refractivity contribution in [2.75, 3.05) is 32.7 Å². The van der Waals surface area contributed by atoms with Crippen molar-refractivity contribution in [1.29, 1.82) is 0 Å². The standard InChI is InChI=1S/C27H45N5O5/c1-17-18(2)24-21(19(3)23(17)34)9-11-27(5,37-24)26(36)32-20(4)25(35)31-16-10-22(33)30-15-8-14-29-13-7-6-12-28/h20,29,34H,6-16,28H2,1-5H3,(H,30,33)(H,31,35)(H,32,36). The summed E-state index contributed by atoms with van der Waals surface area (Å²) in [6, 6.07) is -0.785. The van der Waals surface area contributed by atoms with E-state index in [-0.39, 0.29) is 36.4 Å². The van der Waals surface area contributed by atoms with Gasteiger partial charge < -0.3 is 36.8 Å². The van der Waals surface area contributed by atoms with E-state index in [1.807, 2.05) is 20.8 Å². The second-order valence-electron chi connectivity index (χ2n) is 10.0. The van der Waals surface area contributed by atoms with Crippen molar-refractivity contribution in [3.8, 4) is 11.5 Å². The topological polar surface area (TPSA) is 155 Å². The van der Waals surface area contributed by atoms with Crippen molar-refractivity contribution in [3.05, 3.63) is 22.3 Å². The van der Waals surface area contributed by atoms with Gasteiger partial charge in [0.1, 0.15) is 17.5 Å². The van der Waals surface area contributed by atoms with E-state index >= 15 is 0 Å². The Hall–Kier alpha value is -2.85. The molecule has 0 bridgehead atoms. The normalized spacial score (nSPS) is 17.4. The van der Waals surface area contributed by atoms with Crippen LogP contribution in [0.25, 0.3) is 0 Å². The summed E-state index contributed by atoms with van der Waals surface area (Å²) in [6.07, 6.45) is 4.05. The van der Waals surface area contributed by atoms with Crippen molar-refractivity contribution in [1.82, 2.24) is 21.3 Å². The zero-order chi connectivity index (χ0) is 27.6. The fourth-order valence-electron chi connectivity index (χ4n) is 4.32. The number of aromatic hydroxyl groups is 1. The Morgan fingerprint density at radius 2 is 1.70 bits per heavy atom. The Morgan fingerprint density at radius 1 is 1.00 bits per heavy atom. The molecule has 1 heterocycles. The third kappa shape index (κ3) is 8.33. The third-order valence-corrected chi connectivity index (χ3v) is 7.05. The average molecular weight is 520 g/mol. The first-order valence-corrected chi connectivity index (χ1v) is 13.3. The maximum atomic E-state index is 13.1. The second-order valence-corrected chi connectivity index (χ2v) is 10.0. The average Bonchev–Trinajstić information content (AvgIpc) is 2.87. The molecule has 0 aromatic heterocycles. The number of ether oxygens (including phenoxy) is 1. The van der Waals surface area contributed by atoms with Crippen LogP contribution < -0.4 is 31.7 Å². The highest BCUT2D eigenvalue weighted by Gasteiger charge is 2.41. The van der Waals surface area contributed by atoms with Crippen LogP contribution in [0.3, 0.4) is 0 Å². The van der Waals surface area contributed by atoms with Crippen LogP contribution in [0.15, 0.2) is 0 Å². The molecule has 0 fully saturated rings. The van der Waals surface area contributed by atoms with Gasteiger partial charge >= 0.3 is 0 Å². The number of unbranched alkanes of at least 4 members (excludes halogenated alkanes) is 1. The van der Waals surface area contributed by atoms with Crippen molar-refractivity contribution in [2.24, 2.45) is 5.73 Å². The lowest BCUT2D eigenvalue weighted by Gasteiger charge is -2.37. The molecule has 0 aliphatic carbocycles. The predicted octanol–water partition coefficient (Wildman–Crippen LogP) is 1.25. The van der Waals surface area contributed by atoms with Gasteiger partial charge in [-0.2, -0.15) is 0 Å². The summed E-state index contributed by atoms with van der Waals surface area (Å²) in [4.78, 5) is 37.6. The molecule has 1 aromatic rings. The first-order chi connectivity index (χ1) is 17.5. The van der Waals surface area contributed by atoms with Crippen molar-refractivity contribution in [2.45, 2.75) is 84.8 Å². The summed E-state index contributed by atoms with van der Waals surface area (Å²) in [5, 5.41) is 21.9. The Balaban J connectivity index is 1.74. The number of amides is 3. The first-order valence-electron chi connectivity index (χ1n) is 13.3. The first kappa shape index (κ1) is 30.4. The molecular formula is C27H45N5O5. The third-order valence-electron chi connectivity index (χ3n) is 7.05. The molecule has 10 heteroatoms. The molecule has 3 amide bonds. The van der Waals surface area contributed by atoms with Gasteiger partial charge in [0.25, 0.3) is 5.91 Å². The maximum Gasteiger partial charge on any atom is 0.264 e. The minimum absolute atomic E-state index is 0.131. The molecule has 1 aromatic carbocycles. The molecule has 208 valence electrons. The zero-order valence-corrected chi connectivity index (χ0v) is 23.0. The molecule has 2 rings (SSSR count). The van der Waals surface area contributed by atoms with Crippen LogP contribution in [0, 0.1) is 20.8 Å². The highest BCUT2D eigenvalue weighted by Crippen LogP contribution is 2.43. The summed E-state index contributed by atoms with van der Waals surface area (Å²) < 4.78 is 6.18. The van der Waals surface area contributed by atoms with Crippen LogP contribution in [0.4, 0.5) is 0 Å². The van der Waals surface area contributed by atoms with E-state index in [1.165, 1.54) is 0 Å². The van der Waals surface area contributed by atoms with Crippen molar-refractivity contribution >= 4 is 17.7 Å². The van der Waals surface area contributed by atoms with Gasteiger partial charge in [-0.1, -0.05) is 0 Å². The van der Waals surface area contributed by atoms with Gasteiger partial charge in [0.05, 0.1) is 0 Å². The fraction of sp³-hybridized carbons (Fsp3) is 0.667. The molecule has 10 nitrogen and oxygen atoms in total. The summed E-state index contributed by atoms with van der Waals surface area (Å²) in [5.41, 5.74) is 7.53. The number of phenols is 1. The Kier molecular flexibility index (Phi) is 11.6. The van der Waals surface area contributed by atoms with Gasteiger partial charge in [0.2, 0.25) is 11.8 Å². The van der Waals surface area contributed by atoms with Crippen LogP contribution in [0.2, 0.25) is 0 Å². The van der Waals surface area contributed by atoms with E-state index in [2.05, 4.69) is 21.3 Å². The minimum atomic E-state index is -1.14. The lowest BCUT2D eigenvalue weighted by atomic mass is 9.86. The number of rotatable bonds is 14. The molecule has 2 unspecified atom stereocenters. The van der Waals surface area contributed by atoms with Crippen LogP contribution in [0.5, 0.6) is 11.5 Å². The van der Waals surface area contributed by atoms with Crippen molar-refractivity contribution < 1.29 is 24.2 Å². The largest absolute Gasteiger partial charge is 0.507 e. The molecule has 0 spiro atoms. The van der Waals surface area contributed by atoms with Gasteiger partial charge in [0.15, 0.2) is 5.60 Å². The fourth-order valence-corrected chi connectivity index (χ4v) is 4.32. The van der Waals surface area contributed by atoms with Gasteiger partial charge in [-0.15, -0.1) is 0 Å². The number of hydrogen-bond donors (Lipinski definition) is 6. The van der Waals surface area contributed by atoms with Crippen LogP contribution in [-0.2, 0) is 20.8 Å². The number of benzene rings is 1. The second kappa shape index (κ2) is 14.2. The molecule has 0 saturated heterocycles. The Bertz CT molecular complexity index is 967. The smallest absolute Gasteiger partial charge is 0.264 e. The summed E-state index contributed by atoms with van der Waals surface area (Å²) in [5.74, 6) is 0.0161. The van der Waals surface area contributed by atoms with Gasteiger partial charge in [-0.05, 0) is 96.6 Å². The van der Waals surface area contributed by atoms with E-state index in [0.29, 0.717) is 31.7 Å². The summed E-state index contributed by atoms with van der Waals surface area (Å²) in [7, 11) is 0. The number of nitrogens with two attached hydrogens (primary N) is 1. The highest BCUT2D eigenvalue weighted by molar-refractivity contribution is 5.91. The highest BCUT2D eigenvalue weighted by atomic mass is 16.5. The number of fused-ring (bicyclic) bond motifs is 1. The monoisotopic (exact) mass is 519 g/mol. The molecular weight excluding hydrogens is 474 g/mol. The number of phenolic OH excluding ortho intramolecular Hbond substituents is 1. The Labute approximate surface area is 220 Å². The van der Waals surface area contributed by atoms with Gasteiger partial charge in [-0.3, -0.25) is 14.4 Å². The lowest BCUT2D eigenvalue weighted by molar-refractivity contribution is -0.140. The van der Waals surface area contributed by atoms with Gasteiger partial charge in [-0.25, -0.2) is 0 Å². The van der Waals surface area contributed by atoms with E-state index in [0.717, 1.165) is 54.6 Å². The molecule has 1 aliphatic rings. The summed E-state index contributed by atoms with van der Waals surface area (Å²) >= 11 is 0. The van der Waals surface area contributed by atoms with E-state index in [4.69, 9.17) is 10.5 Å². The predicted molar refractivity (Wildman–Crippen MR) is 144 cm³/mol. The SMILES string of the molecule is Cc1c(C)c2c(c(C)c1O)CCC(C)(C(=O)NC(C)C(=O)NCCC(=O)NCCCNCCCCN)O2. The molecule has 7 N–H and O–H groups in total. The van der Waals surface area contributed by atoms with Crippen LogP contribution >= 0.6 is 0 Å². The molecule has 37 heavy (non-hydrogen) atoms. The number of carbonyl (C=O) groups is 3. The number of hydrogen-bond acceptors (Lipinski definition) is 7. The molecule has 2 atom stereocenters. The molecule has 0 saturated carbocycles. The summed E-state index contributed by atoms with van der Waals surface area (Å²) in [6.45, 7) is 12.1. The minimum Gasteiger partial charge on any atom is -0.507 e. The Morgan fingerprint density at radius 3 is 2.41 bits per heavy atom. The van der Waals surface area contributed by atoms with Crippen LogP contribution in [-0.4, -0.2) is 67.2 Å². The van der Waals surface area contributed by atoms with Crippen LogP contribution in [0.1, 0.15) is 68.2 Å². The van der Waals surface area contributed by atoms with Crippen molar-refractivity contribution in [3.63, 3.8) is 0 Å².